The Morgan fingerprint density at radius 3 is 2.91 bits per heavy atom. The number of ether oxygens (including phenoxy) is 1. The van der Waals surface area contributed by atoms with Crippen molar-refractivity contribution in [3.05, 3.63) is 36.3 Å². The van der Waals surface area contributed by atoms with Crippen LogP contribution < -0.4 is 4.73 Å². The summed E-state index contributed by atoms with van der Waals surface area (Å²) < 4.78 is 8.59. The van der Waals surface area contributed by atoms with Gasteiger partial charge < -0.3 is 9.30 Å². The maximum absolute atomic E-state index is 10.2. The fourth-order valence-electron chi connectivity index (χ4n) is 2.94. The first kappa shape index (κ1) is 16.0. The van der Waals surface area contributed by atoms with Gasteiger partial charge in [-0.1, -0.05) is 12.1 Å². The lowest BCUT2D eigenvalue weighted by Gasteiger charge is -2.09. The molecule has 0 fully saturated rings. The van der Waals surface area contributed by atoms with E-state index < -0.39 is 0 Å². The van der Waals surface area contributed by atoms with Crippen molar-refractivity contribution >= 4 is 33.5 Å². The number of unbranched alkanes of at least 4 members (excludes halogenated alkanes) is 1. The van der Waals surface area contributed by atoms with Crippen molar-refractivity contribution in [1.29, 1.82) is 0 Å². The molecular weight excluding hydrogens is 314 g/mol. The van der Waals surface area contributed by atoms with Crippen LogP contribution in [0.25, 0.3) is 21.9 Å². The standard InChI is InChI=1S/C17H21ClN3O2/c1-23-11-8-16-19-14-12-21(22)15-7-3-2-6-13(15)17(14)20(16)10-5-4-9-18/h2-3,6-7,12,22H,4-5,8-11H2,1H3/q+1. The van der Waals surface area contributed by atoms with Crippen molar-refractivity contribution in [1.82, 2.24) is 9.55 Å². The summed E-state index contributed by atoms with van der Waals surface area (Å²) in [5.41, 5.74) is 2.63. The van der Waals surface area contributed by atoms with Gasteiger partial charge in [-0.15, -0.1) is 11.6 Å². The maximum Gasteiger partial charge on any atom is 0.266 e. The van der Waals surface area contributed by atoms with Gasteiger partial charge in [0.1, 0.15) is 5.82 Å². The van der Waals surface area contributed by atoms with Gasteiger partial charge in [-0.3, -0.25) is 5.21 Å². The average molecular weight is 335 g/mol. The predicted molar refractivity (Wildman–Crippen MR) is 90.2 cm³/mol. The minimum Gasteiger partial charge on any atom is -0.384 e. The van der Waals surface area contributed by atoms with E-state index in [0.29, 0.717) is 12.5 Å². The first-order chi connectivity index (χ1) is 11.3. The molecule has 0 aliphatic heterocycles. The van der Waals surface area contributed by atoms with Gasteiger partial charge in [-0.05, 0) is 18.9 Å². The van der Waals surface area contributed by atoms with Crippen LogP contribution in [-0.2, 0) is 17.7 Å². The number of imidazole rings is 1. The molecule has 0 aliphatic rings. The topological polar surface area (TPSA) is 51.2 Å². The molecule has 23 heavy (non-hydrogen) atoms. The monoisotopic (exact) mass is 334 g/mol. The van der Waals surface area contributed by atoms with Crippen molar-refractivity contribution in [3.63, 3.8) is 0 Å². The maximum atomic E-state index is 10.2. The summed E-state index contributed by atoms with van der Waals surface area (Å²) in [6.07, 6.45) is 4.38. The number of alkyl halides is 1. The first-order valence-electron chi connectivity index (χ1n) is 7.83. The molecule has 6 heteroatoms. The van der Waals surface area contributed by atoms with Crippen LogP contribution in [0.1, 0.15) is 18.7 Å². The molecule has 0 saturated heterocycles. The van der Waals surface area contributed by atoms with E-state index in [9.17, 15) is 5.21 Å². The molecule has 2 aromatic heterocycles. The molecule has 3 rings (SSSR count). The van der Waals surface area contributed by atoms with Crippen molar-refractivity contribution in [2.75, 3.05) is 19.6 Å². The van der Waals surface area contributed by atoms with Crippen LogP contribution in [-0.4, -0.2) is 34.4 Å². The molecule has 0 aliphatic carbocycles. The summed E-state index contributed by atoms with van der Waals surface area (Å²) in [5, 5.41) is 11.2. The quantitative estimate of drug-likeness (QED) is 0.313. The van der Waals surface area contributed by atoms with Crippen LogP contribution >= 0.6 is 11.6 Å². The zero-order chi connectivity index (χ0) is 16.2. The smallest absolute Gasteiger partial charge is 0.266 e. The number of halogens is 1. The van der Waals surface area contributed by atoms with Crippen molar-refractivity contribution in [2.45, 2.75) is 25.8 Å². The van der Waals surface area contributed by atoms with E-state index in [1.807, 2.05) is 24.3 Å². The van der Waals surface area contributed by atoms with Gasteiger partial charge in [0.15, 0.2) is 5.52 Å². The van der Waals surface area contributed by atoms with E-state index in [-0.39, 0.29) is 0 Å². The third-order valence-electron chi connectivity index (χ3n) is 4.02. The van der Waals surface area contributed by atoms with E-state index in [1.54, 1.807) is 13.3 Å². The summed E-state index contributed by atoms with van der Waals surface area (Å²) in [5.74, 6) is 1.64. The minimum absolute atomic E-state index is 0.621. The van der Waals surface area contributed by atoms with Crippen LogP contribution in [0.15, 0.2) is 30.5 Å². The number of aromatic nitrogens is 3. The molecule has 1 N–H and O–H groups in total. The summed E-state index contributed by atoms with van der Waals surface area (Å²) in [7, 11) is 1.69. The fourth-order valence-corrected chi connectivity index (χ4v) is 3.13. The number of benzene rings is 1. The van der Waals surface area contributed by atoms with E-state index in [4.69, 9.17) is 21.3 Å². The van der Waals surface area contributed by atoms with Gasteiger partial charge in [0, 0.05) is 36.8 Å². The number of fused-ring (bicyclic) bond motifs is 3. The highest BCUT2D eigenvalue weighted by molar-refractivity contribution is 6.17. The second-order valence-corrected chi connectivity index (χ2v) is 5.92. The molecule has 2 heterocycles. The molecule has 1 aromatic carbocycles. The second-order valence-electron chi connectivity index (χ2n) is 5.54. The van der Waals surface area contributed by atoms with Crippen LogP contribution in [0.4, 0.5) is 0 Å². The highest BCUT2D eigenvalue weighted by Crippen LogP contribution is 2.24. The van der Waals surface area contributed by atoms with Crippen molar-refractivity contribution < 1.29 is 14.7 Å². The van der Waals surface area contributed by atoms with Gasteiger partial charge in [0.2, 0.25) is 0 Å². The summed E-state index contributed by atoms with van der Waals surface area (Å²) >= 11 is 5.82. The number of nitrogens with zero attached hydrogens (tertiary/aromatic N) is 3. The van der Waals surface area contributed by atoms with Gasteiger partial charge >= 0.3 is 0 Å². The van der Waals surface area contributed by atoms with Crippen LogP contribution in [0, 0.1) is 0 Å². The fraction of sp³-hybridized carbons (Fsp3) is 0.412. The molecular formula is C17H21ClN3O2+. The molecule has 0 saturated carbocycles. The Bertz CT molecular complexity index is 816. The molecule has 0 radical (unpaired) electrons. The lowest BCUT2D eigenvalue weighted by Crippen LogP contribution is -2.30. The van der Waals surface area contributed by atoms with Crippen LogP contribution in [0.5, 0.6) is 0 Å². The van der Waals surface area contributed by atoms with Crippen molar-refractivity contribution in [3.8, 4) is 0 Å². The molecule has 0 amide bonds. The predicted octanol–water partition coefficient (Wildman–Crippen LogP) is 2.92. The third kappa shape index (κ3) is 3.12. The number of para-hydroxylation sites is 1. The summed E-state index contributed by atoms with van der Waals surface area (Å²) in [6.45, 7) is 1.48. The second kappa shape index (κ2) is 7.15. The minimum atomic E-state index is 0.621. The third-order valence-corrected chi connectivity index (χ3v) is 4.29. The van der Waals surface area contributed by atoms with Gasteiger partial charge in [-0.25, -0.2) is 4.98 Å². The summed E-state index contributed by atoms with van der Waals surface area (Å²) in [6, 6.07) is 7.82. The molecule has 0 atom stereocenters. The number of rotatable bonds is 7. The van der Waals surface area contributed by atoms with E-state index >= 15 is 0 Å². The number of methoxy groups -OCH3 is 1. The first-order valence-corrected chi connectivity index (χ1v) is 8.36. The van der Waals surface area contributed by atoms with Gasteiger partial charge in [0.25, 0.3) is 11.7 Å². The molecule has 3 aromatic rings. The van der Waals surface area contributed by atoms with E-state index in [2.05, 4.69) is 4.57 Å². The Hall–Kier alpha value is -1.85. The normalized spacial score (nSPS) is 11.6. The number of aryl methyl sites for hydroxylation is 1. The Morgan fingerprint density at radius 2 is 2.13 bits per heavy atom. The Balaban J connectivity index is 2.18. The highest BCUT2D eigenvalue weighted by atomic mass is 35.5. The van der Waals surface area contributed by atoms with E-state index in [1.165, 1.54) is 0 Å². The molecule has 5 nitrogen and oxygen atoms in total. The molecule has 0 bridgehead atoms. The van der Waals surface area contributed by atoms with Gasteiger partial charge in [0.05, 0.1) is 17.5 Å². The molecule has 122 valence electrons. The lowest BCUT2D eigenvalue weighted by atomic mass is 10.2. The average Bonchev–Trinajstić information content (AvgIpc) is 2.91. The van der Waals surface area contributed by atoms with Gasteiger partial charge in [-0.2, -0.15) is 0 Å². The number of hydrogen-bond acceptors (Lipinski definition) is 3. The van der Waals surface area contributed by atoms with E-state index in [0.717, 1.165) is 58.3 Å². The highest BCUT2D eigenvalue weighted by Gasteiger charge is 2.20. The summed E-state index contributed by atoms with van der Waals surface area (Å²) in [4.78, 5) is 4.71. The van der Waals surface area contributed by atoms with Crippen LogP contribution in [0.2, 0.25) is 0 Å². The lowest BCUT2D eigenvalue weighted by molar-refractivity contribution is -0.883. The Kier molecular flexibility index (Phi) is 4.98. The number of hydrogen-bond donors (Lipinski definition) is 1. The Labute approximate surface area is 140 Å². The van der Waals surface area contributed by atoms with Crippen molar-refractivity contribution in [2.24, 2.45) is 0 Å². The molecule has 0 spiro atoms. The van der Waals surface area contributed by atoms with Crippen LogP contribution in [0.3, 0.4) is 0 Å². The SMILES string of the molecule is COCCc1nc2c[n+](O)c3ccccc3c2n1CCCCCl. The number of pyridine rings is 1. The zero-order valence-corrected chi connectivity index (χ0v) is 14.0. The largest absolute Gasteiger partial charge is 0.384 e. The Morgan fingerprint density at radius 1 is 1.30 bits per heavy atom. The zero-order valence-electron chi connectivity index (χ0n) is 13.2. The molecule has 0 unspecified atom stereocenters.